The van der Waals surface area contributed by atoms with Crippen molar-refractivity contribution in [2.75, 3.05) is 0 Å². The molecule has 0 aliphatic carbocycles. The van der Waals surface area contributed by atoms with Crippen molar-refractivity contribution >= 4 is 11.2 Å². The third kappa shape index (κ3) is 1.46. The lowest BCUT2D eigenvalue weighted by Gasteiger charge is -1.94. The lowest BCUT2D eigenvalue weighted by Crippen LogP contribution is -2.21. The lowest BCUT2D eigenvalue weighted by atomic mass is 10.3. The first-order valence-electron chi connectivity index (χ1n) is 5.28. The van der Waals surface area contributed by atoms with E-state index in [0.29, 0.717) is 5.82 Å². The van der Waals surface area contributed by atoms with Crippen molar-refractivity contribution in [1.82, 2.24) is 29.7 Å². The number of nitrogens with zero attached hydrogens (tertiary/aromatic N) is 3. The molecule has 0 atom stereocenters. The number of hydrogen-bond acceptors (Lipinski definition) is 4. The third-order valence-corrected chi connectivity index (χ3v) is 2.63. The molecule has 0 spiro atoms. The topological polar surface area (TPSA) is 112 Å². The van der Waals surface area contributed by atoms with Crippen LogP contribution in [0, 0.1) is 6.92 Å². The number of fused-ring (bicyclic) bond motifs is 1. The van der Waals surface area contributed by atoms with Gasteiger partial charge in [0.05, 0.1) is 5.69 Å². The fourth-order valence-corrected chi connectivity index (χ4v) is 1.89. The number of hydrogen-bond donors (Lipinski definition) is 3. The third-order valence-electron chi connectivity index (χ3n) is 2.63. The van der Waals surface area contributed by atoms with Crippen molar-refractivity contribution < 1.29 is 0 Å². The smallest absolute Gasteiger partial charge is 0.327 e. The van der Waals surface area contributed by atoms with Gasteiger partial charge in [0, 0.05) is 7.05 Å². The van der Waals surface area contributed by atoms with E-state index in [9.17, 15) is 9.59 Å². The zero-order chi connectivity index (χ0) is 12.9. The normalized spacial score (nSPS) is 11.2. The predicted molar refractivity (Wildman–Crippen MR) is 64.3 cm³/mol. The van der Waals surface area contributed by atoms with Crippen LogP contribution in [0.5, 0.6) is 0 Å². The average Bonchev–Trinajstić information content (AvgIpc) is 2.81. The summed E-state index contributed by atoms with van der Waals surface area (Å²) >= 11 is 0. The maximum Gasteiger partial charge on any atom is 0.327 e. The van der Waals surface area contributed by atoms with E-state index < -0.39 is 11.2 Å². The molecule has 0 aliphatic heterocycles. The second kappa shape index (κ2) is 3.42. The van der Waals surface area contributed by atoms with Crippen LogP contribution in [0.2, 0.25) is 0 Å². The monoisotopic (exact) mass is 246 g/mol. The van der Waals surface area contributed by atoms with Crippen LogP contribution in [0.15, 0.2) is 15.7 Å². The SMILES string of the molecule is Cc1cc(-c2nc3[nH]c(=O)[nH]c(=O)c3[nH]2)n(C)n1. The summed E-state index contributed by atoms with van der Waals surface area (Å²) in [7, 11) is 1.78. The van der Waals surface area contributed by atoms with E-state index in [4.69, 9.17) is 0 Å². The molecule has 8 nitrogen and oxygen atoms in total. The van der Waals surface area contributed by atoms with Crippen molar-refractivity contribution in [3.63, 3.8) is 0 Å². The number of imidazole rings is 1. The summed E-state index contributed by atoms with van der Waals surface area (Å²) in [4.78, 5) is 34.4. The Morgan fingerprint density at radius 3 is 2.67 bits per heavy atom. The molecule has 3 aromatic heterocycles. The van der Waals surface area contributed by atoms with Gasteiger partial charge in [-0.1, -0.05) is 0 Å². The minimum Gasteiger partial charge on any atom is -0.331 e. The van der Waals surface area contributed by atoms with E-state index in [0.717, 1.165) is 11.4 Å². The highest BCUT2D eigenvalue weighted by atomic mass is 16.2. The summed E-state index contributed by atoms with van der Waals surface area (Å²) < 4.78 is 1.65. The van der Waals surface area contributed by atoms with Crippen LogP contribution in [0.3, 0.4) is 0 Å². The molecule has 3 heterocycles. The van der Waals surface area contributed by atoms with Gasteiger partial charge in [0.25, 0.3) is 5.56 Å². The highest BCUT2D eigenvalue weighted by molar-refractivity contribution is 5.73. The van der Waals surface area contributed by atoms with E-state index in [1.165, 1.54) is 0 Å². The minimum atomic E-state index is -0.577. The van der Waals surface area contributed by atoms with Crippen LogP contribution in [0.1, 0.15) is 5.69 Å². The summed E-state index contributed by atoms with van der Waals surface area (Å²) in [5.41, 5.74) is 0.985. The fraction of sp³-hybridized carbons (Fsp3) is 0.200. The zero-order valence-electron chi connectivity index (χ0n) is 9.74. The molecular formula is C10H10N6O2. The number of aryl methyl sites for hydroxylation is 2. The second-order valence-electron chi connectivity index (χ2n) is 4.01. The van der Waals surface area contributed by atoms with Crippen LogP contribution in [0.25, 0.3) is 22.7 Å². The van der Waals surface area contributed by atoms with Crippen molar-refractivity contribution in [3.8, 4) is 11.5 Å². The van der Waals surface area contributed by atoms with Crippen LogP contribution < -0.4 is 11.2 Å². The minimum absolute atomic E-state index is 0.234. The van der Waals surface area contributed by atoms with Gasteiger partial charge < -0.3 is 4.98 Å². The molecule has 0 saturated carbocycles. The van der Waals surface area contributed by atoms with Gasteiger partial charge in [-0.15, -0.1) is 0 Å². The maximum absolute atomic E-state index is 11.6. The summed E-state index contributed by atoms with van der Waals surface area (Å²) in [5.74, 6) is 0.487. The van der Waals surface area contributed by atoms with E-state index in [1.807, 2.05) is 13.0 Å². The number of aromatic nitrogens is 6. The zero-order valence-corrected chi connectivity index (χ0v) is 9.74. The standard InChI is InChI=1S/C10H10N6O2/c1-4-3-5(16(2)15-4)7-11-6-8(12-7)13-10(18)14-9(6)17/h3H,1-2H3,(H3,11,12,13,14,17,18). The van der Waals surface area contributed by atoms with Crippen LogP contribution in [-0.4, -0.2) is 29.7 Å². The van der Waals surface area contributed by atoms with E-state index in [1.54, 1.807) is 11.7 Å². The Morgan fingerprint density at radius 2 is 2.00 bits per heavy atom. The second-order valence-corrected chi connectivity index (χ2v) is 4.01. The van der Waals surface area contributed by atoms with Gasteiger partial charge in [-0.3, -0.25) is 19.4 Å². The molecule has 0 aromatic carbocycles. The van der Waals surface area contributed by atoms with Crippen molar-refractivity contribution in [3.05, 3.63) is 32.6 Å². The molecule has 18 heavy (non-hydrogen) atoms. The molecule has 0 aliphatic rings. The number of aromatic amines is 3. The molecule has 3 N–H and O–H groups in total. The van der Waals surface area contributed by atoms with Crippen LogP contribution in [0.4, 0.5) is 0 Å². The molecule has 0 amide bonds. The van der Waals surface area contributed by atoms with Crippen molar-refractivity contribution in [2.24, 2.45) is 7.05 Å². The highest BCUT2D eigenvalue weighted by Crippen LogP contribution is 2.17. The fourth-order valence-electron chi connectivity index (χ4n) is 1.89. The number of H-pyrrole nitrogens is 3. The quantitative estimate of drug-likeness (QED) is 0.544. The van der Waals surface area contributed by atoms with E-state index in [-0.39, 0.29) is 11.2 Å². The molecule has 0 bridgehead atoms. The Kier molecular flexibility index (Phi) is 2.00. The van der Waals surface area contributed by atoms with Gasteiger partial charge in [-0.2, -0.15) is 5.10 Å². The van der Waals surface area contributed by atoms with E-state index in [2.05, 4.69) is 25.0 Å². The summed E-state index contributed by atoms with van der Waals surface area (Å²) in [6.45, 7) is 1.86. The Labute approximate surface area is 99.7 Å². The summed E-state index contributed by atoms with van der Waals surface area (Å²) in [6, 6.07) is 1.84. The lowest BCUT2D eigenvalue weighted by molar-refractivity contribution is 0.760. The van der Waals surface area contributed by atoms with Crippen molar-refractivity contribution in [1.29, 1.82) is 0 Å². The summed E-state index contributed by atoms with van der Waals surface area (Å²) in [6.07, 6.45) is 0. The van der Waals surface area contributed by atoms with Crippen LogP contribution >= 0.6 is 0 Å². The Balaban J connectivity index is 2.32. The van der Waals surface area contributed by atoms with E-state index >= 15 is 0 Å². The molecule has 0 fully saturated rings. The van der Waals surface area contributed by atoms with Gasteiger partial charge >= 0.3 is 5.69 Å². The first kappa shape index (κ1) is 10.5. The predicted octanol–water partition coefficient (Wildman–Crippen LogP) is -0.352. The average molecular weight is 246 g/mol. The molecule has 0 unspecified atom stereocenters. The molecule has 0 radical (unpaired) electrons. The van der Waals surface area contributed by atoms with Gasteiger partial charge in [0.1, 0.15) is 11.2 Å². The van der Waals surface area contributed by atoms with Crippen molar-refractivity contribution in [2.45, 2.75) is 6.92 Å². The molecule has 0 saturated heterocycles. The van der Waals surface area contributed by atoms with Gasteiger partial charge in [0.15, 0.2) is 11.5 Å². The van der Waals surface area contributed by atoms with Crippen LogP contribution in [-0.2, 0) is 7.05 Å². The highest BCUT2D eigenvalue weighted by Gasteiger charge is 2.12. The Hall–Kier alpha value is -2.64. The molecular weight excluding hydrogens is 236 g/mol. The largest absolute Gasteiger partial charge is 0.331 e. The Morgan fingerprint density at radius 1 is 1.22 bits per heavy atom. The Bertz CT molecular complexity index is 849. The van der Waals surface area contributed by atoms with Gasteiger partial charge in [-0.25, -0.2) is 9.78 Å². The molecule has 8 heteroatoms. The maximum atomic E-state index is 11.6. The number of rotatable bonds is 1. The first-order valence-corrected chi connectivity index (χ1v) is 5.28. The first-order chi connectivity index (χ1) is 8.54. The molecule has 92 valence electrons. The number of nitrogens with one attached hydrogen (secondary N) is 3. The molecule has 3 rings (SSSR count). The molecule has 3 aromatic rings. The van der Waals surface area contributed by atoms with Gasteiger partial charge in [-0.05, 0) is 13.0 Å². The summed E-state index contributed by atoms with van der Waals surface area (Å²) in [5, 5.41) is 4.20. The van der Waals surface area contributed by atoms with Gasteiger partial charge in [0.2, 0.25) is 0 Å².